The van der Waals surface area contributed by atoms with Crippen molar-refractivity contribution in [3.05, 3.63) is 12.3 Å². The average Bonchev–Trinajstić information content (AvgIpc) is 2.39. The highest BCUT2D eigenvalue weighted by Gasteiger charge is 2.16. The standard InChI is InChI=1S/C16H31N3OS/c1-13-6-8-19(9-7-13)11-14(2)18-15(21-5)10-17-12-16(3,4)20/h13,17,20H,2,6-12H2,1,3-5H3. The number of nitrogens with zero attached hydrogens (tertiary/aromatic N) is 2. The summed E-state index contributed by atoms with van der Waals surface area (Å²) in [6.07, 6.45) is 4.58. The Morgan fingerprint density at radius 1 is 1.43 bits per heavy atom. The van der Waals surface area contributed by atoms with Crippen LogP contribution in [-0.2, 0) is 0 Å². The lowest BCUT2D eigenvalue weighted by molar-refractivity contribution is 0.0813. The van der Waals surface area contributed by atoms with Gasteiger partial charge in [-0.3, -0.25) is 4.90 Å². The maximum Gasteiger partial charge on any atom is 0.0870 e. The fourth-order valence-electron chi connectivity index (χ4n) is 2.32. The lowest BCUT2D eigenvalue weighted by Crippen LogP contribution is -2.37. The first-order chi connectivity index (χ1) is 9.80. The van der Waals surface area contributed by atoms with Crippen molar-refractivity contribution in [1.29, 1.82) is 0 Å². The number of likely N-dealkylation sites (tertiary alicyclic amines) is 1. The van der Waals surface area contributed by atoms with Crippen molar-refractivity contribution < 1.29 is 5.11 Å². The molecule has 0 aromatic heterocycles. The Labute approximate surface area is 134 Å². The summed E-state index contributed by atoms with van der Waals surface area (Å²) in [7, 11) is 0. The number of hydrogen-bond donors (Lipinski definition) is 2. The van der Waals surface area contributed by atoms with E-state index in [2.05, 4.69) is 28.7 Å². The van der Waals surface area contributed by atoms with E-state index in [0.717, 1.165) is 36.3 Å². The van der Waals surface area contributed by atoms with Crippen LogP contribution >= 0.6 is 11.8 Å². The third kappa shape index (κ3) is 8.61. The summed E-state index contributed by atoms with van der Waals surface area (Å²) in [6, 6.07) is 0. The van der Waals surface area contributed by atoms with Crippen LogP contribution in [0, 0.1) is 5.92 Å². The first-order valence-corrected chi connectivity index (χ1v) is 8.97. The lowest BCUT2D eigenvalue weighted by atomic mass is 9.99. The van der Waals surface area contributed by atoms with E-state index < -0.39 is 5.60 Å². The molecule has 0 amide bonds. The Balaban J connectivity index is 2.37. The maximum absolute atomic E-state index is 9.69. The highest BCUT2D eigenvalue weighted by Crippen LogP contribution is 2.17. The van der Waals surface area contributed by atoms with Crippen LogP contribution in [0.1, 0.15) is 33.6 Å². The SMILES string of the molecule is C=C(CN1CCC(C)CC1)N=C(CNCC(C)(C)O)SC. The molecule has 0 radical (unpaired) electrons. The van der Waals surface area contributed by atoms with Crippen LogP contribution in [0.5, 0.6) is 0 Å². The summed E-state index contributed by atoms with van der Waals surface area (Å²) in [4.78, 5) is 7.07. The van der Waals surface area contributed by atoms with Crippen LogP contribution in [0.2, 0.25) is 0 Å². The van der Waals surface area contributed by atoms with Crippen molar-refractivity contribution in [1.82, 2.24) is 10.2 Å². The van der Waals surface area contributed by atoms with Crippen molar-refractivity contribution in [3.8, 4) is 0 Å². The van der Waals surface area contributed by atoms with E-state index in [1.807, 2.05) is 6.26 Å². The molecular weight excluding hydrogens is 282 g/mol. The van der Waals surface area contributed by atoms with Gasteiger partial charge in [-0.15, -0.1) is 11.8 Å². The fourth-order valence-corrected chi connectivity index (χ4v) is 2.79. The molecule has 0 atom stereocenters. The predicted octanol–water partition coefficient (Wildman–Crippen LogP) is 2.35. The molecular formula is C16H31N3OS. The van der Waals surface area contributed by atoms with Gasteiger partial charge in [0.15, 0.2) is 0 Å². The zero-order valence-electron chi connectivity index (χ0n) is 14.0. The quantitative estimate of drug-likeness (QED) is 0.559. The van der Waals surface area contributed by atoms with E-state index in [1.54, 1.807) is 25.6 Å². The maximum atomic E-state index is 9.69. The molecule has 1 rings (SSSR count). The first kappa shape index (κ1) is 18.7. The monoisotopic (exact) mass is 313 g/mol. The van der Waals surface area contributed by atoms with Crippen LogP contribution in [0.15, 0.2) is 17.3 Å². The molecule has 122 valence electrons. The van der Waals surface area contributed by atoms with Crippen LogP contribution in [-0.4, -0.2) is 59.6 Å². The van der Waals surface area contributed by atoms with Crippen molar-refractivity contribution in [2.24, 2.45) is 10.9 Å². The van der Waals surface area contributed by atoms with Gasteiger partial charge in [-0.25, -0.2) is 4.99 Å². The molecule has 1 aliphatic heterocycles. The third-order valence-electron chi connectivity index (χ3n) is 3.63. The molecule has 1 aliphatic rings. The van der Waals surface area contributed by atoms with Crippen LogP contribution in [0.25, 0.3) is 0 Å². The Hall–Kier alpha value is -0.360. The topological polar surface area (TPSA) is 47.9 Å². The minimum atomic E-state index is -0.689. The van der Waals surface area contributed by atoms with Crippen LogP contribution in [0.4, 0.5) is 0 Å². The Morgan fingerprint density at radius 2 is 2.05 bits per heavy atom. The second-order valence-electron chi connectivity index (χ2n) is 6.65. The fraction of sp³-hybridized carbons (Fsp3) is 0.812. The summed E-state index contributed by atoms with van der Waals surface area (Å²) in [5, 5.41) is 13.9. The van der Waals surface area contributed by atoms with Gasteiger partial charge >= 0.3 is 0 Å². The molecule has 0 bridgehead atoms. The summed E-state index contributed by atoms with van der Waals surface area (Å²) in [6.45, 7) is 14.4. The van der Waals surface area contributed by atoms with Crippen LogP contribution in [0.3, 0.4) is 0 Å². The van der Waals surface area contributed by atoms with E-state index in [1.165, 1.54) is 12.8 Å². The molecule has 0 spiro atoms. The molecule has 2 N–H and O–H groups in total. The minimum Gasteiger partial charge on any atom is -0.389 e. The van der Waals surface area contributed by atoms with Gasteiger partial charge in [-0.1, -0.05) is 13.5 Å². The third-order valence-corrected chi connectivity index (χ3v) is 4.34. The van der Waals surface area contributed by atoms with E-state index in [-0.39, 0.29) is 0 Å². The molecule has 1 saturated heterocycles. The second kappa shape index (κ2) is 8.93. The first-order valence-electron chi connectivity index (χ1n) is 7.75. The molecule has 4 nitrogen and oxygen atoms in total. The van der Waals surface area contributed by atoms with Gasteiger partial charge < -0.3 is 10.4 Å². The lowest BCUT2D eigenvalue weighted by Gasteiger charge is -2.30. The average molecular weight is 314 g/mol. The molecule has 0 saturated carbocycles. The van der Waals surface area contributed by atoms with Gasteiger partial charge in [0.2, 0.25) is 0 Å². The molecule has 0 aliphatic carbocycles. The number of piperidine rings is 1. The Kier molecular flexibility index (Phi) is 7.95. The number of hydrogen-bond acceptors (Lipinski definition) is 5. The van der Waals surface area contributed by atoms with Gasteiger partial charge in [0.1, 0.15) is 0 Å². The molecule has 0 aromatic carbocycles. The van der Waals surface area contributed by atoms with E-state index in [4.69, 9.17) is 0 Å². The molecule has 0 unspecified atom stereocenters. The summed E-state index contributed by atoms with van der Waals surface area (Å²) >= 11 is 1.64. The molecule has 21 heavy (non-hydrogen) atoms. The predicted molar refractivity (Wildman–Crippen MR) is 94.1 cm³/mol. The van der Waals surface area contributed by atoms with Gasteiger partial charge in [-0.2, -0.15) is 0 Å². The van der Waals surface area contributed by atoms with Gasteiger partial charge in [0.25, 0.3) is 0 Å². The summed E-state index contributed by atoms with van der Waals surface area (Å²) < 4.78 is 0. The largest absolute Gasteiger partial charge is 0.389 e. The minimum absolute atomic E-state index is 0.559. The molecule has 5 heteroatoms. The van der Waals surface area contributed by atoms with Gasteiger partial charge in [0.05, 0.1) is 10.6 Å². The Bertz CT molecular complexity index is 355. The smallest absolute Gasteiger partial charge is 0.0870 e. The van der Waals surface area contributed by atoms with E-state index in [9.17, 15) is 5.11 Å². The number of aliphatic hydroxyl groups is 1. The normalized spacial score (nSPS) is 19.0. The Morgan fingerprint density at radius 3 is 2.57 bits per heavy atom. The zero-order valence-corrected chi connectivity index (χ0v) is 14.8. The van der Waals surface area contributed by atoms with Crippen molar-refractivity contribution in [2.45, 2.75) is 39.2 Å². The van der Waals surface area contributed by atoms with Crippen molar-refractivity contribution in [3.63, 3.8) is 0 Å². The number of rotatable bonds is 7. The number of thioether (sulfide) groups is 1. The van der Waals surface area contributed by atoms with Crippen molar-refractivity contribution in [2.75, 3.05) is 39.0 Å². The molecule has 1 heterocycles. The van der Waals surface area contributed by atoms with Gasteiger partial charge in [-0.05, 0) is 52.0 Å². The molecule has 0 aromatic rings. The van der Waals surface area contributed by atoms with Crippen LogP contribution < -0.4 is 5.32 Å². The molecule has 1 fully saturated rings. The number of aliphatic imine (C=N–C) groups is 1. The van der Waals surface area contributed by atoms with E-state index >= 15 is 0 Å². The van der Waals surface area contributed by atoms with E-state index in [0.29, 0.717) is 13.1 Å². The summed E-state index contributed by atoms with van der Waals surface area (Å²) in [5.41, 5.74) is 0.240. The van der Waals surface area contributed by atoms with Crippen molar-refractivity contribution >= 4 is 16.8 Å². The second-order valence-corrected chi connectivity index (χ2v) is 7.53. The summed E-state index contributed by atoms with van der Waals surface area (Å²) in [5.74, 6) is 0.853. The highest BCUT2D eigenvalue weighted by atomic mass is 32.2. The number of nitrogens with one attached hydrogen (secondary N) is 1. The van der Waals surface area contributed by atoms with Gasteiger partial charge in [0, 0.05) is 25.3 Å². The zero-order chi connectivity index (χ0) is 15.9. The highest BCUT2D eigenvalue weighted by molar-refractivity contribution is 8.13.